The summed E-state index contributed by atoms with van der Waals surface area (Å²) in [5.41, 5.74) is 6.86. The lowest BCUT2D eigenvalue weighted by Gasteiger charge is -2.33. The van der Waals surface area contributed by atoms with Crippen LogP contribution >= 0.6 is 0 Å². The largest absolute Gasteiger partial charge is 0.309 e. The molecule has 0 fully saturated rings. The van der Waals surface area contributed by atoms with E-state index in [1.807, 2.05) is 0 Å². The molecule has 0 aliphatic rings. The summed E-state index contributed by atoms with van der Waals surface area (Å²) in [5, 5.41) is 9.59. The molecule has 0 saturated carbocycles. The summed E-state index contributed by atoms with van der Waals surface area (Å²) in [7, 11) is 0. The fourth-order valence-electron chi connectivity index (χ4n) is 7.30. The normalized spacial score (nSPS) is 11.3. The molecular weight excluding hydrogens is 581 g/mol. The standard InChI is InChI=1S/C46H32N2/c1-3-21-35(22-4-1)47(43-31-15-19-33-17-7-9-25-37(33)43)45-39-27-11-13-29-41(39)46(42-30-14-12-28-40(42)45)48(36-23-5-2-6-24-36)44-32-16-20-34-18-8-10-26-38(34)44/h1-32H. The molecule has 0 aliphatic heterocycles. The first kappa shape index (κ1) is 27.9. The first-order valence-electron chi connectivity index (χ1n) is 16.5. The second kappa shape index (κ2) is 11.8. The Morgan fingerprint density at radius 1 is 0.229 bits per heavy atom. The molecule has 0 spiro atoms. The summed E-state index contributed by atoms with van der Waals surface area (Å²) < 4.78 is 0. The van der Waals surface area contributed by atoms with Gasteiger partial charge in [-0.2, -0.15) is 0 Å². The predicted octanol–water partition coefficient (Wildman–Crippen LogP) is 13.2. The van der Waals surface area contributed by atoms with Crippen molar-refractivity contribution in [2.24, 2.45) is 0 Å². The summed E-state index contributed by atoms with van der Waals surface area (Å²) in [6.07, 6.45) is 0. The molecule has 0 saturated heterocycles. The van der Waals surface area contributed by atoms with Gasteiger partial charge in [0.2, 0.25) is 0 Å². The maximum atomic E-state index is 2.46. The first-order chi connectivity index (χ1) is 23.9. The topological polar surface area (TPSA) is 6.48 Å². The molecule has 226 valence electrons. The van der Waals surface area contributed by atoms with Crippen LogP contribution in [-0.4, -0.2) is 0 Å². The van der Waals surface area contributed by atoms with E-state index in [-0.39, 0.29) is 0 Å². The van der Waals surface area contributed by atoms with Gasteiger partial charge in [-0.1, -0.05) is 158 Å². The molecule has 9 aromatic rings. The summed E-state index contributed by atoms with van der Waals surface area (Å²) >= 11 is 0. The molecule has 0 N–H and O–H groups in total. The maximum Gasteiger partial charge on any atom is 0.0620 e. The number of rotatable bonds is 6. The van der Waals surface area contributed by atoms with E-state index in [9.17, 15) is 0 Å². The van der Waals surface area contributed by atoms with Crippen molar-refractivity contribution in [3.8, 4) is 0 Å². The molecule has 0 bridgehead atoms. The summed E-state index contributed by atoms with van der Waals surface area (Å²) in [5.74, 6) is 0. The quantitative estimate of drug-likeness (QED) is 0.136. The zero-order valence-corrected chi connectivity index (χ0v) is 26.4. The molecule has 9 rings (SSSR count). The van der Waals surface area contributed by atoms with Gasteiger partial charge in [0.15, 0.2) is 0 Å². The number of hydrogen-bond donors (Lipinski definition) is 0. The SMILES string of the molecule is c1ccc(N(c2cccc3ccccc23)c2c3ccccc3c(N(c3ccccc3)c3cccc4ccccc34)c3ccccc23)cc1. The predicted molar refractivity (Wildman–Crippen MR) is 206 cm³/mol. The fourth-order valence-corrected chi connectivity index (χ4v) is 7.30. The van der Waals surface area contributed by atoms with Crippen LogP contribution in [0, 0.1) is 0 Å². The number of nitrogens with zero attached hydrogens (tertiary/aromatic N) is 2. The molecule has 0 heterocycles. The molecule has 9 aromatic carbocycles. The Morgan fingerprint density at radius 2 is 0.521 bits per heavy atom. The summed E-state index contributed by atoms with van der Waals surface area (Å²) in [6, 6.07) is 70.0. The van der Waals surface area contributed by atoms with E-state index in [0.29, 0.717) is 0 Å². The third-order valence-electron chi connectivity index (χ3n) is 9.37. The third kappa shape index (κ3) is 4.58. The van der Waals surface area contributed by atoms with Crippen LogP contribution in [0.4, 0.5) is 34.1 Å². The van der Waals surface area contributed by atoms with E-state index < -0.39 is 0 Å². The summed E-state index contributed by atoms with van der Waals surface area (Å²) in [4.78, 5) is 4.92. The first-order valence-corrected chi connectivity index (χ1v) is 16.5. The van der Waals surface area contributed by atoms with Gasteiger partial charge in [0.05, 0.1) is 22.7 Å². The number of para-hydroxylation sites is 2. The van der Waals surface area contributed by atoms with E-state index in [1.54, 1.807) is 0 Å². The molecule has 0 radical (unpaired) electrons. The Labute approximate surface area is 280 Å². The van der Waals surface area contributed by atoms with Gasteiger partial charge in [-0.15, -0.1) is 0 Å². The van der Waals surface area contributed by atoms with Crippen molar-refractivity contribution in [1.29, 1.82) is 0 Å². The van der Waals surface area contributed by atoms with Crippen molar-refractivity contribution in [3.05, 3.63) is 194 Å². The Morgan fingerprint density at radius 3 is 0.896 bits per heavy atom. The highest BCUT2D eigenvalue weighted by molar-refractivity contribution is 6.24. The second-order valence-corrected chi connectivity index (χ2v) is 12.1. The average molecular weight is 613 g/mol. The van der Waals surface area contributed by atoms with Gasteiger partial charge >= 0.3 is 0 Å². The van der Waals surface area contributed by atoms with E-state index in [1.165, 1.54) is 54.5 Å². The van der Waals surface area contributed by atoms with Gasteiger partial charge in [0.1, 0.15) is 0 Å². The van der Waals surface area contributed by atoms with Crippen LogP contribution in [0.15, 0.2) is 194 Å². The molecule has 0 unspecified atom stereocenters. The van der Waals surface area contributed by atoms with Gasteiger partial charge in [-0.05, 0) is 47.2 Å². The fraction of sp³-hybridized carbons (Fsp3) is 0. The molecule has 2 heteroatoms. The van der Waals surface area contributed by atoms with Gasteiger partial charge < -0.3 is 9.80 Å². The molecule has 48 heavy (non-hydrogen) atoms. The van der Waals surface area contributed by atoms with Crippen molar-refractivity contribution in [2.45, 2.75) is 0 Å². The monoisotopic (exact) mass is 612 g/mol. The highest BCUT2D eigenvalue weighted by Gasteiger charge is 2.26. The van der Waals surface area contributed by atoms with E-state index >= 15 is 0 Å². The van der Waals surface area contributed by atoms with Crippen LogP contribution in [0.1, 0.15) is 0 Å². The van der Waals surface area contributed by atoms with Gasteiger partial charge in [0, 0.05) is 43.7 Å². The van der Waals surface area contributed by atoms with Crippen LogP contribution in [0.3, 0.4) is 0 Å². The molecule has 0 atom stereocenters. The Hall–Kier alpha value is -6.38. The van der Waals surface area contributed by atoms with Crippen molar-refractivity contribution >= 4 is 77.2 Å². The molecule has 2 nitrogen and oxygen atoms in total. The van der Waals surface area contributed by atoms with E-state index in [0.717, 1.165) is 22.7 Å². The van der Waals surface area contributed by atoms with Crippen molar-refractivity contribution in [2.75, 3.05) is 9.80 Å². The minimum atomic E-state index is 1.12. The molecule has 0 aliphatic carbocycles. The number of anilines is 6. The molecule has 0 aromatic heterocycles. The van der Waals surface area contributed by atoms with Gasteiger partial charge in [-0.3, -0.25) is 0 Å². The van der Waals surface area contributed by atoms with Gasteiger partial charge in [-0.25, -0.2) is 0 Å². The zero-order valence-electron chi connectivity index (χ0n) is 26.4. The second-order valence-electron chi connectivity index (χ2n) is 12.1. The zero-order chi connectivity index (χ0) is 31.9. The minimum Gasteiger partial charge on any atom is -0.309 e. The highest BCUT2D eigenvalue weighted by Crippen LogP contribution is 2.52. The van der Waals surface area contributed by atoms with Crippen LogP contribution in [0.5, 0.6) is 0 Å². The van der Waals surface area contributed by atoms with Crippen LogP contribution < -0.4 is 9.80 Å². The maximum absolute atomic E-state index is 2.46. The lowest BCUT2D eigenvalue weighted by atomic mass is 9.94. The van der Waals surface area contributed by atoms with E-state index in [2.05, 4.69) is 204 Å². The van der Waals surface area contributed by atoms with Gasteiger partial charge in [0.25, 0.3) is 0 Å². The van der Waals surface area contributed by atoms with E-state index in [4.69, 9.17) is 0 Å². The Bertz CT molecular complexity index is 2330. The summed E-state index contributed by atoms with van der Waals surface area (Å²) in [6.45, 7) is 0. The molecule has 0 amide bonds. The van der Waals surface area contributed by atoms with Crippen LogP contribution in [0.25, 0.3) is 43.1 Å². The van der Waals surface area contributed by atoms with Crippen LogP contribution in [0.2, 0.25) is 0 Å². The highest BCUT2D eigenvalue weighted by atomic mass is 15.2. The average Bonchev–Trinajstić information content (AvgIpc) is 3.17. The van der Waals surface area contributed by atoms with Crippen molar-refractivity contribution in [1.82, 2.24) is 0 Å². The van der Waals surface area contributed by atoms with Crippen molar-refractivity contribution < 1.29 is 0 Å². The number of hydrogen-bond acceptors (Lipinski definition) is 2. The number of fused-ring (bicyclic) bond motifs is 4. The van der Waals surface area contributed by atoms with Crippen molar-refractivity contribution in [3.63, 3.8) is 0 Å². The Balaban J connectivity index is 1.43. The Kier molecular flexibility index (Phi) is 6.84. The minimum absolute atomic E-state index is 1.12. The number of benzene rings is 9. The molecular formula is C46H32N2. The third-order valence-corrected chi connectivity index (χ3v) is 9.37. The lowest BCUT2D eigenvalue weighted by molar-refractivity contribution is 1.31. The van der Waals surface area contributed by atoms with Crippen LogP contribution in [-0.2, 0) is 0 Å². The smallest absolute Gasteiger partial charge is 0.0620 e. The lowest BCUT2D eigenvalue weighted by Crippen LogP contribution is -2.15.